The fourth-order valence-electron chi connectivity index (χ4n) is 0.949. The average Bonchev–Trinajstić information content (AvgIpc) is 2.01. The van der Waals surface area contributed by atoms with E-state index in [0.717, 1.165) is 10.0 Å². The van der Waals surface area contributed by atoms with Crippen LogP contribution in [0, 0.1) is 0 Å². The molecule has 0 heterocycles. The van der Waals surface area contributed by atoms with Crippen molar-refractivity contribution < 1.29 is 4.39 Å². The van der Waals surface area contributed by atoms with Gasteiger partial charge in [0.05, 0.1) is 6.67 Å². The van der Waals surface area contributed by atoms with Crippen molar-refractivity contribution in [3.63, 3.8) is 0 Å². The van der Waals surface area contributed by atoms with Crippen LogP contribution in [0.4, 0.5) is 4.39 Å². The molecule has 0 nitrogen and oxygen atoms in total. The third kappa shape index (κ3) is 2.46. The predicted molar refractivity (Wildman–Crippen MR) is 53.5 cm³/mol. The molecule has 0 N–H and O–H groups in total. The second kappa shape index (κ2) is 4.24. The van der Waals surface area contributed by atoms with Gasteiger partial charge in [0.25, 0.3) is 0 Å². The summed E-state index contributed by atoms with van der Waals surface area (Å²) < 4.78 is 13.2. The van der Waals surface area contributed by atoms with Gasteiger partial charge in [-0.1, -0.05) is 34.5 Å². The maximum absolute atomic E-state index is 12.3. The number of hydrogen-bond acceptors (Lipinski definition) is 0. The highest BCUT2D eigenvalue weighted by molar-refractivity contribution is 9.10. The molecule has 0 aromatic heterocycles. The Hall–Kier alpha value is -0.0800. The zero-order valence-corrected chi connectivity index (χ0v) is 8.99. The molecule has 0 fully saturated rings. The van der Waals surface area contributed by atoms with Gasteiger partial charge in [-0.3, -0.25) is 4.39 Å². The Morgan fingerprint density at radius 3 is 2.67 bits per heavy atom. The van der Waals surface area contributed by atoms with E-state index >= 15 is 0 Å². The summed E-state index contributed by atoms with van der Waals surface area (Å²) in [5, 5.41) is 0.639. The van der Waals surface area contributed by atoms with Gasteiger partial charge in [-0.25, -0.2) is 0 Å². The lowest BCUT2D eigenvalue weighted by Crippen LogP contribution is -1.94. The van der Waals surface area contributed by atoms with E-state index in [-0.39, 0.29) is 12.6 Å². The van der Waals surface area contributed by atoms with Crippen molar-refractivity contribution in [3.05, 3.63) is 33.3 Å². The normalized spacial score (nSPS) is 13.0. The molecule has 0 saturated carbocycles. The van der Waals surface area contributed by atoms with Crippen LogP contribution in [0.5, 0.6) is 0 Å². The molecule has 0 spiro atoms. The van der Waals surface area contributed by atoms with Gasteiger partial charge in [0.1, 0.15) is 0 Å². The molecule has 1 atom stereocenters. The Balaban J connectivity index is 3.00. The van der Waals surface area contributed by atoms with E-state index in [9.17, 15) is 4.39 Å². The van der Waals surface area contributed by atoms with Crippen LogP contribution in [0.3, 0.4) is 0 Å². The number of hydrogen-bond donors (Lipinski definition) is 0. The van der Waals surface area contributed by atoms with Crippen molar-refractivity contribution in [1.82, 2.24) is 0 Å². The monoisotopic (exact) mass is 250 g/mol. The van der Waals surface area contributed by atoms with E-state index in [2.05, 4.69) is 15.9 Å². The van der Waals surface area contributed by atoms with Crippen LogP contribution in [-0.4, -0.2) is 6.67 Å². The Morgan fingerprint density at radius 2 is 2.17 bits per heavy atom. The van der Waals surface area contributed by atoms with Gasteiger partial charge in [-0.2, -0.15) is 0 Å². The van der Waals surface area contributed by atoms with E-state index in [1.165, 1.54) is 0 Å². The molecule has 1 rings (SSSR count). The third-order valence-corrected chi connectivity index (χ3v) is 2.36. The Morgan fingerprint density at radius 1 is 1.50 bits per heavy atom. The first-order valence-corrected chi connectivity index (χ1v) is 4.82. The predicted octanol–water partition coefficient (Wildman–Crippen LogP) is 4.18. The summed E-state index contributed by atoms with van der Waals surface area (Å²) in [6.07, 6.45) is 0. The minimum Gasteiger partial charge on any atom is -0.250 e. The average molecular weight is 252 g/mol. The maximum Gasteiger partial charge on any atom is 0.0960 e. The number of alkyl halides is 1. The van der Waals surface area contributed by atoms with E-state index < -0.39 is 0 Å². The summed E-state index contributed by atoms with van der Waals surface area (Å²) in [5.41, 5.74) is 0.928. The summed E-state index contributed by atoms with van der Waals surface area (Å²) in [4.78, 5) is 0. The molecule has 0 radical (unpaired) electrons. The molecule has 0 saturated heterocycles. The molecule has 0 amide bonds. The SMILES string of the molecule is CC(CF)c1cc(Cl)cc(Br)c1. The molecular weight excluding hydrogens is 242 g/mol. The van der Waals surface area contributed by atoms with Gasteiger partial charge in [0, 0.05) is 15.4 Å². The van der Waals surface area contributed by atoms with E-state index in [1.54, 1.807) is 12.1 Å². The number of rotatable bonds is 2. The van der Waals surface area contributed by atoms with Gasteiger partial charge in [0.15, 0.2) is 0 Å². The minimum absolute atomic E-state index is 0.0833. The lowest BCUT2D eigenvalue weighted by atomic mass is 10.0. The van der Waals surface area contributed by atoms with Crippen LogP contribution in [0.2, 0.25) is 5.02 Å². The van der Waals surface area contributed by atoms with E-state index in [1.807, 2.05) is 13.0 Å². The molecule has 1 unspecified atom stereocenters. The van der Waals surface area contributed by atoms with Gasteiger partial charge in [-0.05, 0) is 23.8 Å². The number of benzene rings is 1. The van der Waals surface area contributed by atoms with Crippen molar-refractivity contribution in [3.8, 4) is 0 Å². The zero-order chi connectivity index (χ0) is 9.14. The van der Waals surface area contributed by atoms with Gasteiger partial charge < -0.3 is 0 Å². The molecule has 3 heteroatoms. The fraction of sp³-hybridized carbons (Fsp3) is 0.333. The first-order chi connectivity index (χ1) is 5.63. The molecule has 0 aliphatic carbocycles. The van der Waals surface area contributed by atoms with Crippen molar-refractivity contribution in [2.45, 2.75) is 12.8 Å². The maximum atomic E-state index is 12.3. The second-order valence-corrected chi connectivity index (χ2v) is 4.11. The molecule has 12 heavy (non-hydrogen) atoms. The summed E-state index contributed by atoms with van der Waals surface area (Å²) >= 11 is 9.10. The summed E-state index contributed by atoms with van der Waals surface area (Å²) in [6, 6.07) is 5.46. The fourth-order valence-corrected chi connectivity index (χ4v) is 1.84. The standard InChI is InChI=1S/C9H9BrClF/c1-6(5-12)7-2-8(10)4-9(11)3-7/h2-4,6H,5H2,1H3. The van der Waals surface area contributed by atoms with Crippen LogP contribution in [0.1, 0.15) is 18.4 Å². The lowest BCUT2D eigenvalue weighted by molar-refractivity contribution is 0.447. The Kier molecular flexibility index (Phi) is 3.53. The van der Waals surface area contributed by atoms with Crippen molar-refractivity contribution >= 4 is 27.5 Å². The first kappa shape index (κ1) is 10.0. The minimum atomic E-state index is -0.354. The Bertz CT molecular complexity index is 255. The number of halogens is 3. The van der Waals surface area contributed by atoms with Crippen LogP contribution >= 0.6 is 27.5 Å². The van der Waals surface area contributed by atoms with Crippen LogP contribution in [0.15, 0.2) is 22.7 Å². The smallest absolute Gasteiger partial charge is 0.0960 e. The summed E-state index contributed by atoms with van der Waals surface area (Å²) in [7, 11) is 0. The largest absolute Gasteiger partial charge is 0.250 e. The highest BCUT2D eigenvalue weighted by atomic mass is 79.9. The third-order valence-electron chi connectivity index (χ3n) is 1.69. The van der Waals surface area contributed by atoms with Crippen LogP contribution < -0.4 is 0 Å². The molecular formula is C9H9BrClF. The molecule has 0 bridgehead atoms. The molecule has 0 aliphatic rings. The molecule has 1 aromatic carbocycles. The van der Waals surface area contributed by atoms with E-state index in [4.69, 9.17) is 11.6 Å². The first-order valence-electron chi connectivity index (χ1n) is 3.65. The van der Waals surface area contributed by atoms with Crippen LogP contribution in [-0.2, 0) is 0 Å². The van der Waals surface area contributed by atoms with Gasteiger partial charge in [-0.15, -0.1) is 0 Å². The molecule has 1 aromatic rings. The quantitative estimate of drug-likeness (QED) is 0.740. The van der Waals surface area contributed by atoms with E-state index in [0.29, 0.717) is 5.02 Å². The molecule has 0 aliphatic heterocycles. The zero-order valence-electron chi connectivity index (χ0n) is 6.65. The van der Waals surface area contributed by atoms with Crippen molar-refractivity contribution in [2.24, 2.45) is 0 Å². The highest BCUT2D eigenvalue weighted by Gasteiger charge is 2.06. The highest BCUT2D eigenvalue weighted by Crippen LogP contribution is 2.24. The molecule has 66 valence electrons. The topological polar surface area (TPSA) is 0 Å². The second-order valence-electron chi connectivity index (χ2n) is 2.76. The summed E-state index contributed by atoms with van der Waals surface area (Å²) in [5.74, 6) is -0.0833. The van der Waals surface area contributed by atoms with Crippen molar-refractivity contribution in [1.29, 1.82) is 0 Å². The van der Waals surface area contributed by atoms with Crippen molar-refractivity contribution in [2.75, 3.05) is 6.67 Å². The lowest BCUT2D eigenvalue weighted by Gasteiger charge is -2.07. The Labute approximate surface area is 84.9 Å². The summed E-state index contributed by atoms with van der Waals surface area (Å²) in [6.45, 7) is 1.48. The van der Waals surface area contributed by atoms with Gasteiger partial charge >= 0.3 is 0 Å². The van der Waals surface area contributed by atoms with Gasteiger partial charge in [0.2, 0.25) is 0 Å². The van der Waals surface area contributed by atoms with Crippen LogP contribution in [0.25, 0.3) is 0 Å².